The zero-order valence-corrected chi connectivity index (χ0v) is 14.0. The third-order valence-electron chi connectivity index (χ3n) is 4.48. The van der Waals surface area contributed by atoms with Gasteiger partial charge in [-0.3, -0.25) is 0 Å². The van der Waals surface area contributed by atoms with Crippen LogP contribution in [-0.4, -0.2) is 24.0 Å². The number of aryl methyl sites for hydroxylation is 1. The molecule has 0 unspecified atom stereocenters. The molecule has 3 nitrogen and oxygen atoms in total. The van der Waals surface area contributed by atoms with Crippen molar-refractivity contribution in [3.63, 3.8) is 0 Å². The molecule has 0 radical (unpaired) electrons. The Morgan fingerprint density at radius 3 is 2.48 bits per heavy atom. The van der Waals surface area contributed by atoms with Crippen molar-refractivity contribution in [2.45, 2.75) is 25.7 Å². The first-order valence-electron chi connectivity index (χ1n) is 8.00. The van der Waals surface area contributed by atoms with Crippen LogP contribution in [0.3, 0.4) is 0 Å². The fourth-order valence-electron chi connectivity index (χ4n) is 3.01. The smallest absolute Gasteiger partial charge is 0.321 e. The number of likely N-dealkylation sites (tertiary alicyclic amines) is 1. The van der Waals surface area contributed by atoms with Gasteiger partial charge in [0.15, 0.2) is 0 Å². The molecular weight excluding hydrogens is 308 g/mol. The fourth-order valence-corrected chi connectivity index (χ4v) is 3.19. The summed E-state index contributed by atoms with van der Waals surface area (Å²) in [6.07, 6.45) is 2.01. The number of nitrogens with zero attached hydrogens (tertiary/aromatic N) is 1. The zero-order chi connectivity index (χ0) is 16.2. The van der Waals surface area contributed by atoms with Crippen LogP contribution in [0.4, 0.5) is 10.5 Å². The Balaban J connectivity index is 1.57. The minimum Gasteiger partial charge on any atom is -0.324 e. The highest BCUT2D eigenvalue weighted by Gasteiger charge is 2.23. The zero-order valence-electron chi connectivity index (χ0n) is 13.3. The van der Waals surface area contributed by atoms with E-state index in [1.54, 1.807) is 6.07 Å². The standard InChI is InChI=1S/C19H21ClN2O/c1-14-7-8-17(13-18(14)20)21-19(23)22-11-9-16(10-12-22)15-5-3-2-4-6-15/h2-8,13,16H,9-12H2,1H3,(H,21,23). The summed E-state index contributed by atoms with van der Waals surface area (Å²) in [6.45, 7) is 3.51. The monoisotopic (exact) mass is 328 g/mol. The highest BCUT2D eigenvalue weighted by atomic mass is 35.5. The quantitative estimate of drug-likeness (QED) is 0.821. The molecule has 2 amide bonds. The molecule has 1 N–H and O–H groups in total. The summed E-state index contributed by atoms with van der Waals surface area (Å²) in [6, 6.07) is 16.1. The number of halogens is 1. The molecule has 1 saturated heterocycles. The Morgan fingerprint density at radius 1 is 1.13 bits per heavy atom. The van der Waals surface area contributed by atoms with E-state index < -0.39 is 0 Å². The first kappa shape index (κ1) is 15.9. The number of benzene rings is 2. The Bertz CT molecular complexity index is 679. The number of hydrogen-bond donors (Lipinski definition) is 1. The molecule has 0 saturated carbocycles. The van der Waals surface area contributed by atoms with Gasteiger partial charge in [-0.15, -0.1) is 0 Å². The summed E-state index contributed by atoms with van der Waals surface area (Å²) < 4.78 is 0. The Labute approximate surface area is 142 Å². The fraction of sp³-hybridized carbons (Fsp3) is 0.316. The number of carbonyl (C=O) groups is 1. The van der Waals surface area contributed by atoms with Crippen LogP contribution in [0, 0.1) is 6.92 Å². The van der Waals surface area contributed by atoms with Crippen molar-refractivity contribution in [2.24, 2.45) is 0 Å². The van der Waals surface area contributed by atoms with E-state index in [9.17, 15) is 4.79 Å². The van der Waals surface area contributed by atoms with Crippen LogP contribution in [0.2, 0.25) is 5.02 Å². The topological polar surface area (TPSA) is 32.3 Å². The summed E-state index contributed by atoms with van der Waals surface area (Å²) in [7, 11) is 0. The molecule has 0 spiro atoms. The van der Waals surface area contributed by atoms with Crippen LogP contribution in [0.25, 0.3) is 0 Å². The maximum Gasteiger partial charge on any atom is 0.321 e. The Kier molecular flexibility index (Phi) is 4.87. The van der Waals surface area contributed by atoms with Gasteiger partial charge in [-0.2, -0.15) is 0 Å². The Morgan fingerprint density at radius 2 is 1.83 bits per heavy atom. The van der Waals surface area contributed by atoms with Gasteiger partial charge in [-0.05, 0) is 48.9 Å². The molecule has 2 aromatic carbocycles. The number of piperidine rings is 1. The second-order valence-corrected chi connectivity index (χ2v) is 6.47. The van der Waals surface area contributed by atoms with E-state index in [4.69, 9.17) is 11.6 Å². The van der Waals surface area contributed by atoms with Gasteiger partial charge in [0.25, 0.3) is 0 Å². The Hall–Kier alpha value is -2.00. The largest absolute Gasteiger partial charge is 0.324 e. The third kappa shape index (κ3) is 3.85. The van der Waals surface area contributed by atoms with Crippen LogP contribution in [0.5, 0.6) is 0 Å². The molecule has 23 heavy (non-hydrogen) atoms. The van der Waals surface area contributed by atoms with E-state index in [1.165, 1.54) is 5.56 Å². The molecule has 0 bridgehead atoms. The van der Waals surface area contributed by atoms with Crippen molar-refractivity contribution in [3.05, 3.63) is 64.7 Å². The molecule has 0 aromatic heterocycles. The maximum absolute atomic E-state index is 12.4. The average molecular weight is 329 g/mol. The minimum atomic E-state index is -0.0450. The van der Waals surface area contributed by atoms with Gasteiger partial charge in [0.05, 0.1) is 0 Å². The number of urea groups is 1. The summed E-state index contributed by atoms with van der Waals surface area (Å²) in [5.41, 5.74) is 3.13. The molecule has 4 heteroatoms. The van der Waals surface area contributed by atoms with Gasteiger partial charge in [0.1, 0.15) is 0 Å². The predicted molar refractivity (Wildman–Crippen MR) is 95.2 cm³/mol. The highest BCUT2D eigenvalue weighted by Crippen LogP contribution is 2.28. The SMILES string of the molecule is Cc1ccc(NC(=O)N2CCC(c3ccccc3)CC2)cc1Cl. The van der Waals surface area contributed by atoms with Crippen molar-refractivity contribution >= 4 is 23.3 Å². The summed E-state index contributed by atoms with van der Waals surface area (Å²) in [4.78, 5) is 14.3. The minimum absolute atomic E-state index is 0.0450. The van der Waals surface area contributed by atoms with Crippen LogP contribution in [0.1, 0.15) is 29.9 Å². The second kappa shape index (κ2) is 7.05. The first-order chi connectivity index (χ1) is 11.1. The van der Waals surface area contributed by atoms with Crippen molar-refractivity contribution in [3.8, 4) is 0 Å². The summed E-state index contributed by atoms with van der Waals surface area (Å²) >= 11 is 6.11. The van der Waals surface area contributed by atoms with Gasteiger partial charge in [0, 0.05) is 23.8 Å². The van der Waals surface area contributed by atoms with Gasteiger partial charge in [-0.1, -0.05) is 48.0 Å². The van der Waals surface area contributed by atoms with Crippen LogP contribution >= 0.6 is 11.6 Å². The van der Waals surface area contributed by atoms with Crippen LogP contribution in [0.15, 0.2) is 48.5 Å². The molecular formula is C19H21ClN2O. The normalized spacial score (nSPS) is 15.5. The van der Waals surface area contributed by atoms with Gasteiger partial charge in [0.2, 0.25) is 0 Å². The first-order valence-corrected chi connectivity index (χ1v) is 8.38. The molecule has 3 rings (SSSR count). The summed E-state index contributed by atoms with van der Waals surface area (Å²) in [5.74, 6) is 0.550. The predicted octanol–water partition coefficient (Wildman–Crippen LogP) is 5.06. The lowest BCUT2D eigenvalue weighted by atomic mass is 9.90. The van der Waals surface area contributed by atoms with Crippen LogP contribution < -0.4 is 5.32 Å². The number of nitrogens with one attached hydrogen (secondary N) is 1. The van der Waals surface area contributed by atoms with E-state index >= 15 is 0 Å². The van der Waals surface area contributed by atoms with Crippen molar-refractivity contribution < 1.29 is 4.79 Å². The molecule has 0 aliphatic carbocycles. The van der Waals surface area contributed by atoms with E-state index in [0.717, 1.165) is 37.2 Å². The van der Waals surface area contributed by atoms with Crippen molar-refractivity contribution in [1.29, 1.82) is 0 Å². The third-order valence-corrected chi connectivity index (χ3v) is 4.88. The van der Waals surface area contributed by atoms with Crippen molar-refractivity contribution in [2.75, 3.05) is 18.4 Å². The summed E-state index contributed by atoms with van der Waals surface area (Å²) in [5, 5.41) is 3.61. The maximum atomic E-state index is 12.4. The lowest BCUT2D eigenvalue weighted by Crippen LogP contribution is -2.40. The lowest BCUT2D eigenvalue weighted by Gasteiger charge is -2.32. The molecule has 2 aromatic rings. The van der Waals surface area contributed by atoms with Gasteiger partial charge in [-0.25, -0.2) is 4.79 Å². The lowest BCUT2D eigenvalue weighted by molar-refractivity contribution is 0.194. The molecule has 1 aliphatic rings. The van der Waals surface area contributed by atoms with Crippen LogP contribution in [-0.2, 0) is 0 Å². The number of carbonyl (C=O) groups excluding carboxylic acids is 1. The van der Waals surface area contributed by atoms with E-state index in [0.29, 0.717) is 10.9 Å². The number of amides is 2. The van der Waals surface area contributed by atoms with Crippen molar-refractivity contribution in [1.82, 2.24) is 4.90 Å². The second-order valence-electron chi connectivity index (χ2n) is 6.07. The van der Waals surface area contributed by atoms with E-state index in [-0.39, 0.29) is 6.03 Å². The number of rotatable bonds is 2. The van der Waals surface area contributed by atoms with Gasteiger partial charge < -0.3 is 10.2 Å². The average Bonchev–Trinajstić information content (AvgIpc) is 2.59. The van der Waals surface area contributed by atoms with Gasteiger partial charge >= 0.3 is 6.03 Å². The molecule has 1 aliphatic heterocycles. The van der Waals surface area contributed by atoms with E-state index in [2.05, 4.69) is 29.6 Å². The number of hydrogen-bond acceptors (Lipinski definition) is 1. The molecule has 0 atom stereocenters. The van der Waals surface area contributed by atoms with E-state index in [1.807, 2.05) is 30.0 Å². The molecule has 1 fully saturated rings. The number of anilines is 1. The molecule has 120 valence electrons. The highest BCUT2D eigenvalue weighted by molar-refractivity contribution is 6.31. The molecule has 1 heterocycles.